The Bertz CT molecular complexity index is 1220. The van der Waals surface area contributed by atoms with E-state index in [2.05, 4.69) is 88.8 Å². The zero-order chi connectivity index (χ0) is 33.5. The molecular weight excluding hydrogens is 544 g/mol. The fourth-order valence-corrected chi connectivity index (χ4v) is 4.74. The largest absolute Gasteiger partial charge is 0.474 e. The van der Waals surface area contributed by atoms with Crippen LogP contribution in [-0.4, -0.2) is 47.2 Å². The highest BCUT2D eigenvalue weighted by Gasteiger charge is 2.23. The number of benzene rings is 1. The summed E-state index contributed by atoms with van der Waals surface area (Å²) in [5, 5.41) is 3.48. The Hall–Kier alpha value is -3.38. The number of hydrogen-bond acceptors (Lipinski definition) is 6. The van der Waals surface area contributed by atoms with Crippen LogP contribution in [0.1, 0.15) is 108 Å². The Labute approximate surface area is 272 Å². The van der Waals surface area contributed by atoms with E-state index >= 15 is 0 Å². The number of Topliss-reactive ketones (excluding diaryl/α,β-unsaturated/α-hetero) is 1. The smallest absolute Gasteiger partial charge is 0.188 e. The summed E-state index contributed by atoms with van der Waals surface area (Å²) in [6, 6.07) is 8.57. The van der Waals surface area contributed by atoms with E-state index in [9.17, 15) is 4.79 Å². The van der Waals surface area contributed by atoms with Gasteiger partial charge in [-0.15, -0.1) is 0 Å². The number of carbonyl (C=O) groups is 1. The van der Waals surface area contributed by atoms with Crippen LogP contribution in [0.25, 0.3) is 5.57 Å². The molecule has 1 heterocycles. The number of hydrogen-bond donors (Lipinski definition) is 1. The molecule has 1 aromatic carbocycles. The zero-order valence-electron chi connectivity index (χ0n) is 29.5. The molecule has 6 heteroatoms. The van der Waals surface area contributed by atoms with Crippen LogP contribution in [0.5, 0.6) is 0 Å². The predicted molar refractivity (Wildman–Crippen MR) is 194 cm³/mol. The predicted octanol–water partition coefficient (Wildman–Crippen LogP) is 9.74. The molecule has 0 bridgehead atoms. The van der Waals surface area contributed by atoms with Crippen LogP contribution in [0, 0.1) is 5.41 Å². The highest BCUT2D eigenvalue weighted by atomic mass is 16.5. The summed E-state index contributed by atoms with van der Waals surface area (Å²) in [4.78, 5) is 19.6. The minimum atomic E-state index is -0.358. The van der Waals surface area contributed by atoms with E-state index in [-0.39, 0.29) is 19.7 Å². The average Bonchev–Trinajstić information content (AvgIpc) is 2.89. The summed E-state index contributed by atoms with van der Waals surface area (Å²) in [5.74, 6) is 2.49. The lowest BCUT2D eigenvalue weighted by Crippen LogP contribution is -2.36. The molecule has 0 radical (unpaired) electrons. The SMILES string of the molecule is C=C/C(=C1/N=C(N(CCC(=C)CCC)C(=C)OC(C)(C)C)C=CN1C)c1cccc(CNCCC)c1.CC(=O)CC(C)(C)C.[HH].[HH]. The maximum Gasteiger partial charge on any atom is 0.188 e. The van der Waals surface area contributed by atoms with Crippen LogP contribution >= 0.6 is 0 Å². The van der Waals surface area contributed by atoms with Crippen LogP contribution in [0.4, 0.5) is 0 Å². The van der Waals surface area contributed by atoms with Gasteiger partial charge in [-0.2, -0.15) is 0 Å². The topological polar surface area (TPSA) is 57.2 Å². The Morgan fingerprint density at radius 1 is 1.11 bits per heavy atom. The Kier molecular flexibility index (Phi) is 16.2. The summed E-state index contributed by atoms with van der Waals surface area (Å²) in [5.41, 5.74) is 4.35. The number of amidine groups is 1. The molecule has 6 nitrogen and oxygen atoms in total. The third-order valence-electron chi connectivity index (χ3n) is 6.51. The first kappa shape index (κ1) is 38.6. The quantitative estimate of drug-likeness (QED) is 0.129. The van der Waals surface area contributed by atoms with E-state index < -0.39 is 0 Å². The van der Waals surface area contributed by atoms with E-state index in [1.54, 1.807) is 6.92 Å². The molecule has 0 saturated carbocycles. The molecule has 248 valence electrons. The van der Waals surface area contributed by atoms with Crippen LogP contribution in [0.3, 0.4) is 0 Å². The molecule has 2 rings (SSSR count). The van der Waals surface area contributed by atoms with Crippen molar-refractivity contribution in [1.82, 2.24) is 15.1 Å². The average molecular weight is 609 g/mol. The van der Waals surface area contributed by atoms with Crippen molar-refractivity contribution in [2.24, 2.45) is 10.4 Å². The van der Waals surface area contributed by atoms with Gasteiger partial charge in [0.15, 0.2) is 5.88 Å². The number of nitrogens with one attached hydrogen (secondary N) is 1. The molecule has 1 N–H and O–H groups in total. The molecule has 0 aromatic heterocycles. The van der Waals surface area contributed by atoms with Crippen LogP contribution < -0.4 is 5.32 Å². The summed E-state index contributed by atoms with van der Waals surface area (Å²) in [6.07, 6.45) is 10.7. The summed E-state index contributed by atoms with van der Waals surface area (Å²) in [6.45, 7) is 33.4. The number of aliphatic imine (C=N–C) groups is 1. The maximum absolute atomic E-state index is 10.5. The molecule has 1 aromatic rings. The Morgan fingerprint density at radius 2 is 1.80 bits per heavy atom. The number of ether oxygens (including phenoxy) is 1. The van der Waals surface area contributed by atoms with E-state index in [1.807, 2.05) is 51.1 Å². The van der Waals surface area contributed by atoms with Crippen LogP contribution in [-0.2, 0) is 16.1 Å². The second kappa shape index (κ2) is 18.4. The van der Waals surface area contributed by atoms with E-state index in [1.165, 1.54) is 11.1 Å². The van der Waals surface area contributed by atoms with E-state index in [0.29, 0.717) is 18.8 Å². The number of allylic oxidation sites excluding steroid dienone is 2. The molecule has 1 aliphatic heterocycles. The van der Waals surface area contributed by atoms with Crippen molar-refractivity contribution in [3.05, 3.63) is 90.8 Å². The van der Waals surface area contributed by atoms with Crippen molar-refractivity contribution in [3.8, 4) is 0 Å². The zero-order valence-corrected chi connectivity index (χ0v) is 29.5. The van der Waals surface area contributed by atoms with Crippen molar-refractivity contribution in [2.75, 3.05) is 20.1 Å². The second-order valence-electron chi connectivity index (χ2n) is 13.7. The molecule has 0 spiro atoms. The molecule has 0 saturated heterocycles. The third-order valence-corrected chi connectivity index (χ3v) is 6.51. The maximum atomic E-state index is 10.5. The summed E-state index contributed by atoms with van der Waals surface area (Å²) in [7, 11) is 2.01. The highest BCUT2D eigenvalue weighted by Crippen LogP contribution is 2.28. The number of ketones is 1. The van der Waals surface area contributed by atoms with Gasteiger partial charge in [-0.1, -0.05) is 84.0 Å². The molecular formula is C38H64N4O2. The van der Waals surface area contributed by atoms with Gasteiger partial charge in [-0.3, -0.25) is 4.90 Å². The first-order chi connectivity index (χ1) is 20.5. The standard InChI is InChI=1S/C31H46N4O.C7H14O.2H2/c1-10-14-24(4)17-21-35(25(5)36-31(6,7)8)29-18-20-34(9)30(33-29)28(12-3)27-16-13-15-26(22-27)23-32-19-11-2;1-6(8)5-7(2,3)4;;/h12-13,15-16,18,20,22,32H,3-5,10-11,14,17,19,21,23H2,1-2,6-9H3;5H2,1-4H3;2*1H/b30-28+;;;. The van der Waals surface area contributed by atoms with Gasteiger partial charge < -0.3 is 19.7 Å². The van der Waals surface area contributed by atoms with Gasteiger partial charge in [0.1, 0.15) is 23.0 Å². The van der Waals surface area contributed by atoms with Crippen molar-refractivity contribution in [1.29, 1.82) is 0 Å². The third kappa shape index (κ3) is 14.9. The van der Waals surface area contributed by atoms with Crippen molar-refractivity contribution in [3.63, 3.8) is 0 Å². The lowest BCUT2D eigenvalue weighted by atomic mass is 9.91. The molecule has 0 unspecified atom stereocenters. The highest BCUT2D eigenvalue weighted by molar-refractivity contribution is 5.96. The number of rotatable bonds is 14. The normalized spacial score (nSPS) is 14.2. The summed E-state index contributed by atoms with van der Waals surface area (Å²) >= 11 is 0. The lowest BCUT2D eigenvalue weighted by Gasteiger charge is -2.33. The van der Waals surface area contributed by atoms with Gasteiger partial charge in [0.05, 0.1) is 0 Å². The summed E-state index contributed by atoms with van der Waals surface area (Å²) < 4.78 is 6.17. The van der Waals surface area contributed by atoms with Gasteiger partial charge in [-0.05, 0) is 88.8 Å². The molecule has 1 aliphatic rings. The van der Waals surface area contributed by atoms with Crippen LogP contribution in [0.2, 0.25) is 0 Å². The molecule has 44 heavy (non-hydrogen) atoms. The van der Waals surface area contributed by atoms with E-state index in [0.717, 1.165) is 61.6 Å². The molecule has 0 aliphatic carbocycles. The second-order valence-corrected chi connectivity index (χ2v) is 13.7. The van der Waals surface area contributed by atoms with Gasteiger partial charge in [-0.25, -0.2) is 4.99 Å². The van der Waals surface area contributed by atoms with Gasteiger partial charge >= 0.3 is 0 Å². The van der Waals surface area contributed by atoms with Crippen molar-refractivity contribution in [2.45, 2.75) is 107 Å². The Morgan fingerprint density at radius 3 is 2.32 bits per heavy atom. The molecule has 0 atom stereocenters. The van der Waals surface area contributed by atoms with Crippen molar-refractivity contribution >= 4 is 17.2 Å². The van der Waals surface area contributed by atoms with Crippen molar-refractivity contribution < 1.29 is 12.4 Å². The fraction of sp³-hybridized carbons (Fsp3) is 0.526. The lowest BCUT2D eigenvalue weighted by molar-refractivity contribution is -0.118. The monoisotopic (exact) mass is 609 g/mol. The minimum Gasteiger partial charge on any atom is -0.474 e. The first-order valence-corrected chi connectivity index (χ1v) is 16.0. The van der Waals surface area contributed by atoms with Gasteiger partial charge in [0.25, 0.3) is 0 Å². The van der Waals surface area contributed by atoms with Gasteiger partial charge in [0, 0.05) is 41.2 Å². The molecule has 0 fully saturated rings. The minimum absolute atomic E-state index is 0. The number of carbonyl (C=O) groups excluding carboxylic acids is 1. The fourth-order valence-electron chi connectivity index (χ4n) is 4.74. The first-order valence-electron chi connectivity index (χ1n) is 16.0. The Balaban J connectivity index is 0. The van der Waals surface area contributed by atoms with E-state index in [4.69, 9.17) is 9.73 Å². The molecule has 0 amide bonds. The number of nitrogens with zero attached hydrogens (tertiary/aromatic N) is 3. The van der Waals surface area contributed by atoms with Crippen LogP contribution in [0.15, 0.2) is 84.6 Å². The van der Waals surface area contributed by atoms with Gasteiger partial charge in [0.2, 0.25) is 0 Å².